The van der Waals surface area contributed by atoms with Gasteiger partial charge in [0.2, 0.25) is 0 Å². The summed E-state index contributed by atoms with van der Waals surface area (Å²) in [5, 5.41) is 10.9. The first-order valence-corrected chi connectivity index (χ1v) is 12.9. The lowest BCUT2D eigenvalue weighted by molar-refractivity contribution is -0.384. The number of hydrogen-bond acceptors (Lipinski definition) is 9. The number of hydrogen-bond donors (Lipinski definition) is 2. The molecule has 0 bridgehead atoms. The normalized spacial score (nSPS) is 19.6. The van der Waals surface area contributed by atoms with Gasteiger partial charge in [-0.05, 0) is 30.2 Å². The van der Waals surface area contributed by atoms with E-state index in [1.54, 1.807) is 0 Å². The highest BCUT2D eigenvalue weighted by atomic mass is 32.2. The van der Waals surface area contributed by atoms with E-state index in [9.17, 15) is 34.1 Å². The molecule has 2 aromatic carbocycles. The number of rotatable bonds is 9. The first kappa shape index (κ1) is 25.6. The number of allylic oxidation sites excluding steroid dienone is 1. The number of aliphatic imine (C=N–C) groups is 1. The summed E-state index contributed by atoms with van der Waals surface area (Å²) in [6.45, 7) is 0.843. The third-order valence-corrected chi connectivity index (χ3v) is 7.04. The minimum Gasteiger partial charge on any atom is -0.456 e. The van der Waals surface area contributed by atoms with Crippen LogP contribution in [0.5, 0.6) is 0 Å². The maximum Gasteiger partial charge on any atom is 0.524 e. The molecule has 2 unspecified atom stereocenters. The average molecular weight is 533 g/mol. The smallest absolute Gasteiger partial charge is 0.456 e. The summed E-state index contributed by atoms with van der Waals surface area (Å²) in [6.07, 6.45) is 0.487. The molecular formula is C22H20N3O9PS. The van der Waals surface area contributed by atoms with E-state index in [0.717, 1.165) is 17.4 Å². The van der Waals surface area contributed by atoms with E-state index in [0.29, 0.717) is 17.0 Å². The van der Waals surface area contributed by atoms with Crippen LogP contribution < -0.4 is 0 Å². The lowest BCUT2D eigenvalue weighted by atomic mass is 10.1. The number of benzene rings is 2. The van der Waals surface area contributed by atoms with E-state index < -0.39 is 47.5 Å². The topological polar surface area (TPSA) is 169 Å². The molecule has 12 nitrogen and oxygen atoms in total. The van der Waals surface area contributed by atoms with E-state index in [2.05, 4.69) is 9.52 Å². The van der Waals surface area contributed by atoms with Crippen LogP contribution in [0, 0.1) is 10.1 Å². The Morgan fingerprint density at radius 1 is 1.17 bits per heavy atom. The number of thioether (sulfide) groups is 1. The highest BCUT2D eigenvalue weighted by molar-refractivity contribution is 8.14. The van der Waals surface area contributed by atoms with Crippen molar-refractivity contribution in [3.63, 3.8) is 0 Å². The Kier molecular flexibility index (Phi) is 7.27. The van der Waals surface area contributed by atoms with E-state index in [1.165, 1.54) is 36.0 Å². The third kappa shape index (κ3) is 5.65. The van der Waals surface area contributed by atoms with E-state index in [-0.39, 0.29) is 12.3 Å². The number of fused-ring (bicyclic) bond motifs is 1. The Labute approximate surface area is 209 Å². The predicted molar refractivity (Wildman–Crippen MR) is 128 cm³/mol. The summed E-state index contributed by atoms with van der Waals surface area (Å²) in [6, 6.07) is 14.0. The molecule has 2 N–H and O–H groups in total. The molecule has 0 radical (unpaired) electrons. The highest BCUT2D eigenvalue weighted by Gasteiger charge is 2.55. The number of nitrogens with zero attached hydrogens (tertiary/aromatic N) is 3. The van der Waals surface area contributed by atoms with Crippen LogP contribution >= 0.6 is 19.6 Å². The van der Waals surface area contributed by atoms with Crippen LogP contribution in [0.3, 0.4) is 0 Å². The SMILES string of the molecule is CC(OP(=O)(O)O)=C(C(=O)OCc1ccc([N+](=O)[O-])cc1)N1C(=O)C2N=C(Cc3ccccc3)SC21. The maximum atomic E-state index is 13.0. The molecule has 2 aliphatic rings. The third-order valence-electron chi connectivity index (χ3n) is 5.29. The number of β-lactam (4-membered cyclic amide) rings is 1. The van der Waals surface area contributed by atoms with Crippen molar-refractivity contribution >= 4 is 42.2 Å². The number of phosphoric acid groups is 1. The number of non-ortho nitro benzene ring substituents is 1. The van der Waals surface area contributed by atoms with Gasteiger partial charge >= 0.3 is 13.8 Å². The quantitative estimate of drug-likeness (QED) is 0.0929. The standard InChI is InChI=1S/C22H20N3O9PS/c1-13(34-35(30,31)32)19(22(27)33-12-15-7-9-16(10-8-15)25(28)29)24-20(26)18-21(24)36-17(23-18)11-14-5-3-2-4-6-14/h2-10,18,21H,11-12H2,1H3,(H2,30,31,32). The minimum atomic E-state index is -5.04. The zero-order valence-electron chi connectivity index (χ0n) is 18.7. The Balaban J connectivity index is 1.52. The van der Waals surface area contributed by atoms with Crippen LogP contribution in [0.4, 0.5) is 5.69 Å². The van der Waals surface area contributed by atoms with Gasteiger partial charge in [0.25, 0.3) is 11.6 Å². The van der Waals surface area contributed by atoms with Crippen molar-refractivity contribution in [2.24, 2.45) is 4.99 Å². The van der Waals surface area contributed by atoms with Gasteiger partial charge in [0.15, 0.2) is 11.7 Å². The van der Waals surface area contributed by atoms with Crippen molar-refractivity contribution < 1.29 is 38.1 Å². The monoisotopic (exact) mass is 533 g/mol. The number of likely N-dealkylation sites (tertiary alicyclic amines) is 1. The molecule has 14 heteroatoms. The van der Waals surface area contributed by atoms with Gasteiger partial charge in [0.05, 0.1) is 9.97 Å². The molecule has 0 spiro atoms. The van der Waals surface area contributed by atoms with Crippen molar-refractivity contribution in [2.75, 3.05) is 0 Å². The molecule has 36 heavy (non-hydrogen) atoms. The van der Waals surface area contributed by atoms with Gasteiger partial charge in [-0.3, -0.25) is 34.6 Å². The number of carbonyl (C=O) groups is 2. The second-order valence-corrected chi connectivity index (χ2v) is 10.2. The molecule has 1 amide bonds. The lowest BCUT2D eigenvalue weighted by Gasteiger charge is -2.41. The number of esters is 1. The van der Waals surface area contributed by atoms with Gasteiger partial charge in [-0.2, -0.15) is 0 Å². The summed E-state index contributed by atoms with van der Waals surface area (Å²) >= 11 is 1.27. The summed E-state index contributed by atoms with van der Waals surface area (Å²) in [5.74, 6) is -2.07. The Bertz CT molecular complexity index is 1310. The average Bonchev–Trinajstić information content (AvgIpc) is 3.19. The molecule has 0 aliphatic carbocycles. The van der Waals surface area contributed by atoms with Crippen molar-refractivity contribution in [2.45, 2.75) is 31.4 Å². The first-order chi connectivity index (χ1) is 17.0. The zero-order valence-corrected chi connectivity index (χ0v) is 20.4. The molecule has 0 aromatic heterocycles. The van der Waals surface area contributed by atoms with Crippen LogP contribution in [0.25, 0.3) is 0 Å². The number of nitro groups is 1. The Morgan fingerprint density at radius 3 is 2.44 bits per heavy atom. The molecular weight excluding hydrogens is 513 g/mol. The molecule has 2 atom stereocenters. The van der Waals surface area contributed by atoms with Gasteiger partial charge in [-0.15, -0.1) is 0 Å². The molecule has 188 valence electrons. The highest BCUT2D eigenvalue weighted by Crippen LogP contribution is 2.45. The molecule has 4 rings (SSSR count). The lowest BCUT2D eigenvalue weighted by Crippen LogP contribution is -2.61. The second kappa shape index (κ2) is 10.2. The van der Waals surface area contributed by atoms with Gasteiger partial charge in [0, 0.05) is 18.6 Å². The number of ether oxygens (including phenoxy) is 1. The fraction of sp³-hybridized carbons (Fsp3) is 0.227. The van der Waals surface area contributed by atoms with Crippen LogP contribution in [-0.4, -0.2) is 47.9 Å². The van der Waals surface area contributed by atoms with E-state index in [4.69, 9.17) is 4.74 Å². The van der Waals surface area contributed by atoms with Gasteiger partial charge in [0.1, 0.15) is 17.7 Å². The zero-order chi connectivity index (χ0) is 26.0. The van der Waals surface area contributed by atoms with Gasteiger partial charge in [-0.1, -0.05) is 42.1 Å². The van der Waals surface area contributed by atoms with Crippen molar-refractivity contribution in [1.29, 1.82) is 0 Å². The van der Waals surface area contributed by atoms with Crippen molar-refractivity contribution in [3.05, 3.63) is 87.3 Å². The fourth-order valence-corrected chi connectivity index (χ4v) is 5.44. The van der Waals surface area contributed by atoms with Crippen LogP contribution in [-0.2, 0) is 36.4 Å². The molecule has 1 saturated heterocycles. The number of phosphoric ester groups is 1. The predicted octanol–water partition coefficient (Wildman–Crippen LogP) is 2.90. The number of carbonyl (C=O) groups excluding carboxylic acids is 2. The molecule has 0 saturated carbocycles. The summed E-state index contributed by atoms with van der Waals surface area (Å²) < 4.78 is 21.3. The number of nitro benzene ring substituents is 1. The Hall–Kier alpha value is -3.51. The molecule has 2 aromatic rings. The first-order valence-electron chi connectivity index (χ1n) is 10.5. The van der Waals surface area contributed by atoms with Crippen LogP contribution in [0.15, 0.2) is 71.0 Å². The van der Waals surface area contributed by atoms with Crippen LogP contribution in [0.1, 0.15) is 18.1 Å². The second-order valence-electron chi connectivity index (χ2n) is 7.83. The molecule has 2 aliphatic heterocycles. The van der Waals surface area contributed by atoms with Gasteiger partial charge in [-0.25, -0.2) is 9.36 Å². The maximum absolute atomic E-state index is 13.0. The van der Waals surface area contributed by atoms with E-state index >= 15 is 0 Å². The van der Waals surface area contributed by atoms with Crippen molar-refractivity contribution in [1.82, 2.24) is 4.90 Å². The van der Waals surface area contributed by atoms with Crippen molar-refractivity contribution in [3.8, 4) is 0 Å². The summed E-state index contributed by atoms with van der Waals surface area (Å²) in [4.78, 5) is 60.1. The molecule has 2 heterocycles. The van der Waals surface area contributed by atoms with Gasteiger partial charge < -0.3 is 9.26 Å². The minimum absolute atomic E-state index is 0.140. The summed E-state index contributed by atoms with van der Waals surface area (Å²) in [7, 11) is -5.04. The van der Waals surface area contributed by atoms with Crippen LogP contribution in [0.2, 0.25) is 0 Å². The number of amides is 1. The largest absolute Gasteiger partial charge is 0.524 e. The molecule has 1 fully saturated rings. The fourth-order valence-electron chi connectivity index (χ4n) is 3.67. The Morgan fingerprint density at radius 2 is 1.83 bits per heavy atom. The van der Waals surface area contributed by atoms with E-state index in [1.807, 2.05) is 30.3 Å². The summed E-state index contributed by atoms with van der Waals surface area (Å²) in [5.41, 5.74) is 0.829.